The normalized spacial score (nSPS) is 11.0. The second kappa shape index (κ2) is 13.4. The van der Waals surface area contributed by atoms with Gasteiger partial charge in [-0.2, -0.15) is 11.8 Å². The third kappa shape index (κ3) is 9.19. The highest BCUT2D eigenvalue weighted by Gasteiger charge is 2.02. The molecule has 0 saturated heterocycles. The number of rotatable bonds is 8. The Kier molecular flexibility index (Phi) is 13.4. The van der Waals surface area contributed by atoms with Crippen LogP contribution in [0, 0.1) is 5.82 Å². The van der Waals surface area contributed by atoms with Gasteiger partial charge in [0, 0.05) is 17.6 Å². The molecule has 0 spiro atoms. The summed E-state index contributed by atoms with van der Waals surface area (Å²) >= 11 is 5.29. The monoisotopic (exact) mass is 503 g/mol. The summed E-state index contributed by atoms with van der Waals surface area (Å²) in [5, 5.41) is 6.51. The van der Waals surface area contributed by atoms with Crippen LogP contribution in [0.4, 0.5) is 4.39 Å². The van der Waals surface area contributed by atoms with Crippen LogP contribution in [0.1, 0.15) is 25.3 Å². The van der Waals surface area contributed by atoms with Gasteiger partial charge in [-0.05, 0) is 55.5 Å². The van der Waals surface area contributed by atoms with Crippen LogP contribution in [-0.4, -0.2) is 31.1 Å². The molecule has 2 N–H and O–H groups in total. The minimum Gasteiger partial charge on any atom is -0.357 e. The van der Waals surface area contributed by atoms with E-state index in [9.17, 15) is 4.39 Å². The number of hydrogen-bond donors (Lipinski definition) is 2. The Labute approximate surface area is 162 Å². The molecule has 0 fully saturated rings. The van der Waals surface area contributed by atoms with Gasteiger partial charge in [0.05, 0.1) is 6.54 Å². The zero-order chi connectivity index (χ0) is 15.5. The zero-order valence-electron chi connectivity index (χ0n) is 13.0. The first-order chi connectivity index (χ1) is 10.2. The molecule has 0 aliphatic rings. The van der Waals surface area contributed by atoms with Crippen molar-refractivity contribution in [1.29, 1.82) is 0 Å². The van der Waals surface area contributed by atoms with E-state index >= 15 is 0 Å². The number of nitrogens with zero attached hydrogens (tertiary/aromatic N) is 1. The largest absolute Gasteiger partial charge is 0.357 e. The quantitative estimate of drug-likeness (QED) is 0.239. The fourth-order valence-electron chi connectivity index (χ4n) is 1.75. The predicted octanol–water partition coefficient (Wildman–Crippen LogP) is 4.40. The Hall–Kier alpha value is -0.0200. The SMILES string of the molecule is CCNC(=NCc1cc(F)ccc1Br)NCCCCSC.I. The first-order valence-corrected chi connectivity index (χ1v) is 9.31. The topological polar surface area (TPSA) is 36.4 Å². The van der Waals surface area contributed by atoms with E-state index in [0.29, 0.717) is 6.54 Å². The Morgan fingerprint density at radius 1 is 1.32 bits per heavy atom. The summed E-state index contributed by atoms with van der Waals surface area (Å²) in [6, 6.07) is 4.66. The molecule has 0 bridgehead atoms. The molecule has 0 atom stereocenters. The maximum atomic E-state index is 13.2. The maximum absolute atomic E-state index is 13.2. The van der Waals surface area contributed by atoms with E-state index in [1.54, 1.807) is 6.07 Å². The molecule has 22 heavy (non-hydrogen) atoms. The molecule has 126 valence electrons. The lowest BCUT2D eigenvalue weighted by Crippen LogP contribution is -2.37. The van der Waals surface area contributed by atoms with Gasteiger partial charge in [0.15, 0.2) is 5.96 Å². The molecule has 0 aliphatic heterocycles. The first kappa shape index (κ1) is 22.0. The van der Waals surface area contributed by atoms with Crippen LogP contribution >= 0.6 is 51.7 Å². The summed E-state index contributed by atoms with van der Waals surface area (Å²) in [5.74, 6) is 1.72. The van der Waals surface area contributed by atoms with Crippen molar-refractivity contribution in [1.82, 2.24) is 10.6 Å². The van der Waals surface area contributed by atoms with Crippen LogP contribution in [0.25, 0.3) is 0 Å². The minimum absolute atomic E-state index is 0. The van der Waals surface area contributed by atoms with Crippen molar-refractivity contribution in [2.45, 2.75) is 26.3 Å². The third-order valence-corrected chi connectivity index (χ3v) is 4.30. The van der Waals surface area contributed by atoms with Crippen LogP contribution in [0.5, 0.6) is 0 Å². The molecule has 7 heteroatoms. The van der Waals surface area contributed by atoms with Crippen LogP contribution < -0.4 is 10.6 Å². The van der Waals surface area contributed by atoms with E-state index in [1.165, 1.54) is 24.3 Å². The van der Waals surface area contributed by atoms with E-state index in [2.05, 4.69) is 37.8 Å². The lowest BCUT2D eigenvalue weighted by molar-refractivity contribution is 0.625. The highest BCUT2D eigenvalue weighted by molar-refractivity contribution is 14.0. The summed E-state index contributed by atoms with van der Waals surface area (Å²) < 4.78 is 14.1. The van der Waals surface area contributed by atoms with E-state index in [1.807, 2.05) is 18.7 Å². The molecule has 1 aromatic rings. The van der Waals surface area contributed by atoms with Gasteiger partial charge in [-0.15, -0.1) is 24.0 Å². The zero-order valence-corrected chi connectivity index (χ0v) is 17.7. The number of aliphatic imine (C=N–C) groups is 1. The molecule has 0 saturated carbocycles. The predicted molar refractivity (Wildman–Crippen MR) is 110 cm³/mol. The number of unbranched alkanes of at least 4 members (excludes halogenated alkanes) is 1. The molecule has 0 aliphatic carbocycles. The van der Waals surface area contributed by atoms with Crippen LogP contribution in [-0.2, 0) is 6.54 Å². The molecule has 1 rings (SSSR count). The summed E-state index contributed by atoms with van der Waals surface area (Å²) in [6.45, 7) is 4.18. The van der Waals surface area contributed by atoms with Crippen molar-refractivity contribution in [3.63, 3.8) is 0 Å². The van der Waals surface area contributed by atoms with Crippen LogP contribution in [0.2, 0.25) is 0 Å². The molecular weight excluding hydrogens is 480 g/mol. The van der Waals surface area contributed by atoms with E-state index in [-0.39, 0.29) is 29.8 Å². The van der Waals surface area contributed by atoms with Gasteiger partial charge in [0.25, 0.3) is 0 Å². The number of nitrogens with one attached hydrogen (secondary N) is 2. The van der Waals surface area contributed by atoms with Gasteiger partial charge >= 0.3 is 0 Å². The molecule has 0 radical (unpaired) electrons. The van der Waals surface area contributed by atoms with Crippen molar-refractivity contribution in [2.24, 2.45) is 4.99 Å². The lowest BCUT2D eigenvalue weighted by atomic mass is 10.2. The van der Waals surface area contributed by atoms with Crippen molar-refractivity contribution in [2.75, 3.05) is 25.1 Å². The minimum atomic E-state index is -0.238. The number of halogens is 3. The van der Waals surface area contributed by atoms with E-state index in [0.717, 1.165) is 35.5 Å². The molecular formula is C15H24BrFIN3S. The summed E-state index contributed by atoms with van der Waals surface area (Å²) in [5.41, 5.74) is 0.842. The van der Waals surface area contributed by atoms with E-state index < -0.39 is 0 Å². The number of guanidine groups is 1. The Morgan fingerprint density at radius 2 is 2.09 bits per heavy atom. The fraction of sp³-hybridized carbons (Fsp3) is 0.533. The number of hydrogen-bond acceptors (Lipinski definition) is 2. The molecule has 0 unspecified atom stereocenters. The first-order valence-electron chi connectivity index (χ1n) is 7.12. The molecule has 0 heterocycles. The Balaban J connectivity index is 0.00000441. The van der Waals surface area contributed by atoms with Gasteiger partial charge < -0.3 is 10.6 Å². The summed E-state index contributed by atoms with van der Waals surface area (Å²) in [6.07, 6.45) is 4.44. The summed E-state index contributed by atoms with van der Waals surface area (Å²) in [7, 11) is 0. The average Bonchev–Trinajstić information content (AvgIpc) is 2.47. The second-order valence-corrected chi connectivity index (χ2v) is 6.40. The lowest BCUT2D eigenvalue weighted by Gasteiger charge is -2.11. The van der Waals surface area contributed by atoms with Crippen LogP contribution in [0.3, 0.4) is 0 Å². The summed E-state index contributed by atoms with van der Waals surface area (Å²) in [4.78, 5) is 4.50. The van der Waals surface area contributed by atoms with E-state index in [4.69, 9.17) is 0 Å². The average molecular weight is 504 g/mol. The third-order valence-electron chi connectivity index (χ3n) is 2.83. The van der Waals surface area contributed by atoms with Gasteiger partial charge in [-0.3, -0.25) is 0 Å². The number of thioether (sulfide) groups is 1. The standard InChI is InChI=1S/C15H23BrFN3S.HI/c1-3-18-15(19-8-4-5-9-21-2)20-11-12-10-13(17)6-7-14(12)16;/h6-7,10H,3-5,8-9,11H2,1-2H3,(H2,18,19,20);1H. The second-order valence-electron chi connectivity index (χ2n) is 4.56. The van der Waals surface area contributed by atoms with Crippen molar-refractivity contribution in [3.8, 4) is 0 Å². The molecule has 0 amide bonds. The van der Waals surface area contributed by atoms with Crippen molar-refractivity contribution < 1.29 is 4.39 Å². The fourth-order valence-corrected chi connectivity index (χ4v) is 2.61. The van der Waals surface area contributed by atoms with Gasteiger partial charge in [-0.1, -0.05) is 15.9 Å². The highest BCUT2D eigenvalue weighted by atomic mass is 127. The van der Waals surface area contributed by atoms with Crippen LogP contribution in [0.15, 0.2) is 27.7 Å². The van der Waals surface area contributed by atoms with Gasteiger partial charge in [0.1, 0.15) is 5.82 Å². The Bertz CT molecular complexity index is 460. The Morgan fingerprint density at radius 3 is 2.77 bits per heavy atom. The van der Waals surface area contributed by atoms with Crippen molar-refractivity contribution >= 4 is 57.6 Å². The van der Waals surface area contributed by atoms with Crippen molar-refractivity contribution in [3.05, 3.63) is 34.1 Å². The van der Waals surface area contributed by atoms with Gasteiger partial charge in [0.2, 0.25) is 0 Å². The smallest absolute Gasteiger partial charge is 0.191 e. The molecule has 1 aromatic carbocycles. The highest BCUT2D eigenvalue weighted by Crippen LogP contribution is 2.18. The number of benzene rings is 1. The van der Waals surface area contributed by atoms with Gasteiger partial charge in [-0.25, -0.2) is 9.38 Å². The molecule has 3 nitrogen and oxygen atoms in total. The maximum Gasteiger partial charge on any atom is 0.191 e. The molecule has 0 aromatic heterocycles.